The molecule has 7 heteroatoms. The van der Waals surface area contributed by atoms with Crippen molar-refractivity contribution in [2.45, 2.75) is 44.8 Å². The van der Waals surface area contributed by atoms with E-state index in [1.165, 1.54) is 4.90 Å². The monoisotopic (exact) mass is 297 g/mol. The summed E-state index contributed by atoms with van der Waals surface area (Å²) in [5.41, 5.74) is -0.909. The average molecular weight is 297 g/mol. The average Bonchev–Trinajstić information content (AvgIpc) is 2.61. The summed E-state index contributed by atoms with van der Waals surface area (Å²) in [6.07, 6.45) is 1.64. The smallest absolute Gasteiger partial charge is 0.325 e. The first kappa shape index (κ1) is 15.8. The predicted octanol–water partition coefficient (Wildman–Crippen LogP) is -0.0638. The molecule has 1 unspecified atom stereocenters. The van der Waals surface area contributed by atoms with Gasteiger partial charge in [-0.3, -0.25) is 14.5 Å². The first-order valence-electron chi connectivity index (χ1n) is 7.33. The van der Waals surface area contributed by atoms with E-state index in [0.717, 1.165) is 4.90 Å². The summed E-state index contributed by atoms with van der Waals surface area (Å²) in [6, 6.07) is -0.509. The number of aliphatic hydroxyl groups excluding tert-OH is 1. The van der Waals surface area contributed by atoms with Gasteiger partial charge >= 0.3 is 6.03 Å². The van der Waals surface area contributed by atoms with Gasteiger partial charge in [0.2, 0.25) is 5.91 Å². The quantitative estimate of drug-likeness (QED) is 0.695. The molecule has 0 aromatic rings. The van der Waals surface area contributed by atoms with Gasteiger partial charge in [-0.25, -0.2) is 4.79 Å². The number of likely N-dealkylation sites (N-methyl/N-ethyl adjacent to an activating group) is 1. The number of nitrogens with one attached hydrogen (secondary N) is 1. The Morgan fingerprint density at radius 3 is 2.57 bits per heavy atom. The second-order valence-corrected chi connectivity index (χ2v) is 6.27. The Balaban J connectivity index is 1.90. The van der Waals surface area contributed by atoms with Gasteiger partial charge in [-0.05, 0) is 32.1 Å². The number of imide groups is 1. The minimum absolute atomic E-state index is 0.230. The zero-order valence-corrected chi connectivity index (χ0v) is 12.8. The Labute approximate surface area is 124 Å². The molecule has 4 amide bonds. The lowest BCUT2D eigenvalue weighted by atomic mass is 9.82. The third-order valence-electron chi connectivity index (χ3n) is 4.51. The number of urea groups is 1. The summed E-state index contributed by atoms with van der Waals surface area (Å²) < 4.78 is 0. The van der Waals surface area contributed by atoms with Crippen LogP contribution in [-0.4, -0.2) is 64.5 Å². The van der Waals surface area contributed by atoms with Crippen molar-refractivity contribution in [3.05, 3.63) is 0 Å². The Kier molecular flexibility index (Phi) is 4.22. The van der Waals surface area contributed by atoms with Gasteiger partial charge in [-0.1, -0.05) is 6.92 Å². The van der Waals surface area contributed by atoms with Crippen LogP contribution < -0.4 is 5.32 Å². The lowest BCUT2D eigenvalue weighted by Crippen LogP contribution is -2.46. The minimum Gasteiger partial charge on any atom is -0.393 e. The number of amides is 4. The molecule has 2 aliphatic rings. The van der Waals surface area contributed by atoms with Crippen molar-refractivity contribution in [2.75, 3.05) is 20.1 Å². The molecule has 0 bridgehead atoms. The highest BCUT2D eigenvalue weighted by molar-refractivity contribution is 6.08. The van der Waals surface area contributed by atoms with E-state index in [9.17, 15) is 19.5 Å². The maximum atomic E-state index is 12.2. The summed E-state index contributed by atoms with van der Waals surface area (Å²) >= 11 is 0. The Morgan fingerprint density at radius 1 is 1.48 bits per heavy atom. The standard InChI is InChI=1S/C14H23N3O4/c1-4-14(2)12(20)17(13(21)15-14)8-11(19)16(3)7-9-5-10(18)6-9/h9-10,18H,4-8H2,1-3H3,(H,15,21). The maximum absolute atomic E-state index is 12.2. The van der Waals surface area contributed by atoms with Crippen molar-refractivity contribution in [1.82, 2.24) is 15.1 Å². The molecule has 7 nitrogen and oxygen atoms in total. The SMILES string of the molecule is CCC1(C)NC(=O)N(CC(=O)N(C)CC2CC(O)C2)C1=O. The van der Waals surface area contributed by atoms with Gasteiger partial charge in [0.25, 0.3) is 5.91 Å². The van der Waals surface area contributed by atoms with Crippen molar-refractivity contribution >= 4 is 17.8 Å². The van der Waals surface area contributed by atoms with Gasteiger partial charge in [0, 0.05) is 13.6 Å². The number of aliphatic hydroxyl groups is 1. The van der Waals surface area contributed by atoms with Crippen LogP contribution in [0.2, 0.25) is 0 Å². The second kappa shape index (κ2) is 5.63. The molecule has 118 valence electrons. The van der Waals surface area contributed by atoms with E-state index in [1.807, 2.05) is 6.92 Å². The molecule has 1 atom stereocenters. The molecule has 0 radical (unpaired) electrons. The fraction of sp³-hybridized carbons (Fsp3) is 0.786. The molecule has 2 N–H and O–H groups in total. The molecular formula is C14H23N3O4. The van der Waals surface area contributed by atoms with Gasteiger partial charge in [-0.15, -0.1) is 0 Å². The van der Waals surface area contributed by atoms with Crippen LogP contribution in [-0.2, 0) is 9.59 Å². The molecule has 1 aliphatic heterocycles. The lowest BCUT2D eigenvalue weighted by molar-refractivity contribution is -0.138. The van der Waals surface area contributed by atoms with Crippen molar-refractivity contribution in [2.24, 2.45) is 5.92 Å². The molecule has 0 aromatic heterocycles. The van der Waals surface area contributed by atoms with Gasteiger partial charge in [0.1, 0.15) is 12.1 Å². The van der Waals surface area contributed by atoms with Gasteiger partial charge in [0.05, 0.1) is 6.10 Å². The molecule has 1 saturated carbocycles. The van der Waals surface area contributed by atoms with Gasteiger partial charge in [-0.2, -0.15) is 0 Å². The Bertz CT molecular complexity index is 461. The molecule has 0 spiro atoms. The van der Waals surface area contributed by atoms with E-state index in [1.54, 1.807) is 14.0 Å². The Hall–Kier alpha value is -1.63. The first-order valence-corrected chi connectivity index (χ1v) is 7.33. The Morgan fingerprint density at radius 2 is 2.10 bits per heavy atom. The third-order valence-corrected chi connectivity index (χ3v) is 4.51. The van der Waals surface area contributed by atoms with Crippen LogP contribution in [0.15, 0.2) is 0 Å². The summed E-state index contributed by atoms with van der Waals surface area (Å²) in [7, 11) is 1.66. The van der Waals surface area contributed by atoms with E-state index in [0.29, 0.717) is 31.7 Å². The number of hydrogen-bond donors (Lipinski definition) is 2. The molecule has 1 heterocycles. The van der Waals surface area contributed by atoms with E-state index < -0.39 is 11.6 Å². The minimum atomic E-state index is -0.909. The van der Waals surface area contributed by atoms with Crippen molar-refractivity contribution in [3.63, 3.8) is 0 Å². The highest BCUT2D eigenvalue weighted by Crippen LogP contribution is 2.27. The highest BCUT2D eigenvalue weighted by Gasteiger charge is 2.47. The molecule has 0 aromatic carbocycles. The fourth-order valence-electron chi connectivity index (χ4n) is 2.72. The van der Waals surface area contributed by atoms with Crippen LogP contribution in [0.5, 0.6) is 0 Å². The van der Waals surface area contributed by atoms with E-state index in [-0.39, 0.29) is 24.5 Å². The van der Waals surface area contributed by atoms with Crippen LogP contribution in [0.4, 0.5) is 4.79 Å². The van der Waals surface area contributed by atoms with Crippen LogP contribution in [0.25, 0.3) is 0 Å². The number of hydrogen-bond acceptors (Lipinski definition) is 4. The first-order chi connectivity index (χ1) is 9.76. The normalized spacial score (nSPS) is 31.9. The summed E-state index contributed by atoms with van der Waals surface area (Å²) in [5, 5.41) is 11.9. The number of carbonyl (C=O) groups is 3. The molecule has 2 rings (SSSR count). The van der Waals surface area contributed by atoms with Crippen molar-refractivity contribution < 1.29 is 19.5 Å². The van der Waals surface area contributed by atoms with E-state index in [4.69, 9.17) is 0 Å². The number of rotatable bonds is 5. The number of carbonyl (C=O) groups excluding carboxylic acids is 3. The fourth-order valence-corrected chi connectivity index (χ4v) is 2.72. The largest absolute Gasteiger partial charge is 0.393 e. The second-order valence-electron chi connectivity index (χ2n) is 6.27. The van der Waals surface area contributed by atoms with Crippen LogP contribution in [0.3, 0.4) is 0 Å². The third kappa shape index (κ3) is 3.02. The van der Waals surface area contributed by atoms with Gasteiger partial charge in [0.15, 0.2) is 0 Å². The summed E-state index contributed by atoms with van der Waals surface area (Å²) in [6.45, 7) is 3.80. The van der Waals surface area contributed by atoms with Gasteiger partial charge < -0.3 is 15.3 Å². The molecule has 21 heavy (non-hydrogen) atoms. The molecule has 1 saturated heterocycles. The molecule has 1 aliphatic carbocycles. The topological polar surface area (TPSA) is 90.0 Å². The highest BCUT2D eigenvalue weighted by atomic mass is 16.3. The van der Waals surface area contributed by atoms with Crippen molar-refractivity contribution in [3.8, 4) is 0 Å². The summed E-state index contributed by atoms with van der Waals surface area (Å²) in [5.74, 6) is -0.311. The van der Waals surface area contributed by atoms with Crippen LogP contribution in [0, 0.1) is 5.92 Å². The van der Waals surface area contributed by atoms with Crippen molar-refractivity contribution in [1.29, 1.82) is 0 Å². The van der Waals surface area contributed by atoms with E-state index >= 15 is 0 Å². The zero-order valence-electron chi connectivity index (χ0n) is 12.8. The molecular weight excluding hydrogens is 274 g/mol. The maximum Gasteiger partial charge on any atom is 0.325 e. The number of nitrogens with zero attached hydrogens (tertiary/aromatic N) is 2. The summed E-state index contributed by atoms with van der Waals surface area (Å²) in [4.78, 5) is 38.7. The lowest BCUT2D eigenvalue weighted by Gasteiger charge is -2.34. The zero-order chi connectivity index (χ0) is 15.8. The van der Waals surface area contributed by atoms with E-state index in [2.05, 4.69) is 5.32 Å². The predicted molar refractivity (Wildman–Crippen MR) is 75.3 cm³/mol. The molecule has 2 fully saturated rings. The van der Waals surface area contributed by atoms with Crippen LogP contribution in [0.1, 0.15) is 33.1 Å². The van der Waals surface area contributed by atoms with Crippen LogP contribution >= 0.6 is 0 Å².